The van der Waals surface area contributed by atoms with Crippen LogP contribution >= 0.6 is 11.8 Å². The van der Waals surface area contributed by atoms with Crippen LogP contribution in [0.4, 0.5) is 0 Å². The van der Waals surface area contributed by atoms with E-state index in [2.05, 4.69) is 15.0 Å². The number of carbonyl (C=O) groups excluding carboxylic acids is 1. The molecule has 0 bridgehead atoms. The molecule has 118 valence electrons. The Morgan fingerprint density at radius 3 is 2.87 bits per heavy atom. The second kappa shape index (κ2) is 6.35. The summed E-state index contributed by atoms with van der Waals surface area (Å²) in [6.07, 6.45) is 5.31. The third-order valence-corrected chi connectivity index (χ3v) is 3.96. The van der Waals surface area contributed by atoms with Crippen molar-refractivity contribution in [3.63, 3.8) is 0 Å². The number of nitrogens with zero attached hydrogens (tertiary/aromatic N) is 5. The number of rotatable bonds is 4. The average molecular weight is 329 g/mol. The molecular formula is C15H15N5O2S. The summed E-state index contributed by atoms with van der Waals surface area (Å²) in [5.74, 6) is 0.478. The highest BCUT2D eigenvalue weighted by Gasteiger charge is 2.14. The highest BCUT2D eigenvalue weighted by atomic mass is 32.2. The standard InChI is InChI=1S/C15H15N5O2S/c1-19(22-2)14(21)10-4-5-11-12(8-10)20(9-17-11)13-6-7-16-15(18-13)23-3/h4-9H,1-3H3. The largest absolute Gasteiger partial charge is 0.283 e. The van der Waals surface area contributed by atoms with Gasteiger partial charge in [0.25, 0.3) is 5.91 Å². The summed E-state index contributed by atoms with van der Waals surface area (Å²) in [5, 5.41) is 1.86. The molecule has 0 radical (unpaired) electrons. The van der Waals surface area contributed by atoms with Gasteiger partial charge in [0, 0.05) is 18.8 Å². The van der Waals surface area contributed by atoms with Crippen LogP contribution < -0.4 is 0 Å². The number of hydroxylamine groups is 2. The lowest BCUT2D eigenvalue weighted by Crippen LogP contribution is -2.25. The van der Waals surface area contributed by atoms with Crippen molar-refractivity contribution < 1.29 is 9.63 Å². The molecule has 23 heavy (non-hydrogen) atoms. The zero-order valence-electron chi connectivity index (χ0n) is 12.9. The second-order valence-corrected chi connectivity index (χ2v) is 5.48. The molecule has 0 unspecified atom stereocenters. The van der Waals surface area contributed by atoms with E-state index in [0.717, 1.165) is 11.0 Å². The molecule has 3 rings (SSSR count). The Hall–Kier alpha value is -2.45. The van der Waals surface area contributed by atoms with Crippen LogP contribution in [-0.4, -0.2) is 50.9 Å². The van der Waals surface area contributed by atoms with Gasteiger partial charge in [0.15, 0.2) is 5.16 Å². The minimum atomic E-state index is -0.227. The van der Waals surface area contributed by atoms with Gasteiger partial charge >= 0.3 is 0 Å². The van der Waals surface area contributed by atoms with Crippen LogP contribution in [0.2, 0.25) is 0 Å². The fourth-order valence-corrected chi connectivity index (χ4v) is 2.50. The highest BCUT2D eigenvalue weighted by molar-refractivity contribution is 7.98. The van der Waals surface area contributed by atoms with E-state index in [-0.39, 0.29) is 5.91 Å². The first-order chi connectivity index (χ1) is 11.1. The molecule has 2 aromatic heterocycles. The van der Waals surface area contributed by atoms with Crippen LogP contribution in [0.1, 0.15) is 10.4 Å². The smallest absolute Gasteiger partial charge is 0.277 e. The van der Waals surface area contributed by atoms with E-state index >= 15 is 0 Å². The number of amides is 1. The van der Waals surface area contributed by atoms with E-state index in [9.17, 15) is 4.79 Å². The summed E-state index contributed by atoms with van der Waals surface area (Å²) in [6, 6.07) is 7.11. The van der Waals surface area contributed by atoms with Gasteiger partial charge in [-0.05, 0) is 30.5 Å². The monoisotopic (exact) mass is 329 g/mol. The summed E-state index contributed by atoms with van der Waals surface area (Å²) in [4.78, 5) is 30.2. The van der Waals surface area contributed by atoms with Crippen molar-refractivity contribution in [3.8, 4) is 5.82 Å². The molecule has 1 amide bonds. The van der Waals surface area contributed by atoms with Crippen molar-refractivity contribution in [2.45, 2.75) is 5.16 Å². The Balaban J connectivity index is 2.10. The van der Waals surface area contributed by atoms with Crippen molar-refractivity contribution in [2.75, 3.05) is 20.4 Å². The molecule has 0 aliphatic rings. The predicted molar refractivity (Wildman–Crippen MR) is 87.5 cm³/mol. The number of thioether (sulfide) groups is 1. The highest BCUT2D eigenvalue weighted by Crippen LogP contribution is 2.20. The maximum absolute atomic E-state index is 12.2. The van der Waals surface area contributed by atoms with Crippen LogP contribution in [0.25, 0.3) is 16.9 Å². The van der Waals surface area contributed by atoms with Crippen LogP contribution in [-0.2, 0) is 4.84 Å². The SMILES string of the molecule is CON(C)C(=O)c1ccc2ncn(-c3ccnc(SC)n3)c2c1. The number of hydrogen-bond acceptors (Lipinski definition) is 6. The Kier molecular flexibility index (Phi) is 4.26. The van der Waals surface area contributed by atoms with Crippen molar-refractivity contribution in [3.05, 3.63) is 42.4 Å². The van der Waals surface area contributed by atoms with Gasteiger partial charge in [-0.2, -0.15) is 0 Å². The number of hydrogen-bond donors (Lipinski definition) is 0. The molecule has 0 aliphatic heterocycles. The first-order valence-corrected chi connectivity index (χ1v) is 8.03. The van der Waals surface area contributed by atoms with E-state index in [0.29, 0.717) is 16.5 Å². The average Bonchev–Trinajstić information content (AvgIpc) is 3.03. The summed E-state index contributed by atoms with van der Waals surface area (Å²) in [6.45, 7) is 0. The van der Waals surface area contributed by atoms with Crippen LogP contribution in [0.5, 0.6) is 0 Å². The van der Waals surface area contributed by atoms with Crippen LogP contribution in [0.3, 0.4) is 0 Å². The van der Waals surface area contributed by atoms with Gasteiger partial charge in [0.1, 0.15) is 12.1 Å². The van der Waals surface area contributed by atoms with Gasteiger partial charge < -0.3 is 0 Å². The molecular weight excluding hydrogens is 314 g/mol. The first kappa shape index (κ1) is 15.4. The third-order valence-electron chi connectivity index (χ3n) is 3.40. The molecule has 1 aromatic carbocycles. The van der Waals surface area contributed by atoms with E-state index in [1.54, 1.807) is 43.8 Å². The van der Waals surface area contributed by atoms with E-state index in [1.807, 2.05) is 10.8 Å². The number of carbonyl (C=O) groups is 1. The lowest BCUT2D eigenvalue weighted by Gasteiger charge is -2.13. The van der Waals surface area contributed by atoms with Crippen LogP contribution in [0.15, 0.2) is 41.9 Å². The molecule has 0 N–H and O–H groups in total. The molecule has 0 saturated heterocycles. The Bertz CT molecular complexity index is 864. The maximum atomic E-state index is 12.2. The predicted octanol–water partition coefficient (Wildman–Crippen LogP) is 2.17. The molecule has 0 spiro atoms. The topological polar surface area (TPSA) is 73.1 Å². The minimum Gasteiger partial charge on any atom is -0.283 e. The van der Waals surface area contributed by atoms with Gasteiger partial charge in [-0.3, -0.25) is 14.2 Å². The lowest BCUT2D eigenvalue weighted by molar-refractivity contribution is -0.0756. The Morgan fingerprint density at radius 1 is 1.30 bits per heavy atom. The zero-order chi connectivity index (χ0) is 16.4. The maximum Gasteiger partial charge on any atom is 0.277 e. The first-order valence-electron chi connectivity index (χ1n) is 6.80. The van der Waals surface area contributed by atoms with Gasteiger partial charge in [-0.25, -0.2) is 20.0 Å². The van der Waals surface area contributed by atoms with Crippen LogP contribution in [0, 0.1) is 0 Å². The minimum absolute atomic E-state index is 0.227. The van der Waals surface area contributed by atoms with Gasteiger partial charge in [-0.1, -0.05) is 11.8 Å². The van der Waals surface area contributed by atoms with E-state index in [4.69, 9.17) is 4.84 Å². The summed E-state index contributed by atoms with van der Waals surface area (Å²) in [7, 11) is 3.02. The van der Waals surface area contributed by atoms with Crippen molar-refractivity contribution in [2.24, 2.45) is 0 Å². The summed E-state index contributed by atoms with van der Waals surface area (Å²) >= 11 is 1.47. The third kappa shape index (κ3) is 2.90. The Morgan fingerprint density at radius 2 is 2.13 bits per heavy atom. The molecule has 0 aliphatic carbocycles. The molecule has 0 atom stereocenters. The lowest BCUT2D eigenvalue weighted by atomic mass is 10.2. The summed E-state index contributed by atoms with van der Waals surface area (Å²) in [5.41, 5.74) is 2.10. The normalized spacial score (nSPS) is 10.9. The van der Waals surface area contributed by atoms with Crippen molar-refractivity contribution in [1.82, 2.24) is 24.6 Å². The fourth-order valence-electron chi connectivity index (χ4n) is 2.15. The van der Waals surface area contributed by atoms with E-state index < -0.39 is 0 Å². The van der Waals surface area contributed by atoms with E-state index in [1.165, 1.54) is 23.9 Å². The molecule has 7 nitrogen and oxygen atoms in total. The van der Waals surface area contributed by atoms with Crippen molar-refractivity contribution in [1.29, 1.82) is 0 Å². The number of benzene rings is 1. The number of imidazole rings is 1. The molecule has 2 heterocycles. The number of aromatic nitrogens is 4. The Labute approximate surface area is 137 Å². The molecule has 8 heteroatoms. The van der Waals surface area contributed by atoms with Gasteiger partial charge in [0.05, 0.1) is 18.1 Å². The van der Waals surface area contributed by atoms with Gasteiger partial charge in [-0.15, -0.1) is 0 Å². The van der Waals surface area contributed by atoms with Crippen molar-refractivity contribution >= 4 is 28.7 Å². The fraction of sp³-hybridized carbons (Fsp3) is 0.200. The quantitative estimate of drug-likeness (QED) is 0.415. The number of fused-ring (bicyclic) bond motifs is 1. The zero-order valence-corrected chi connectivity index (χ0v) is 13.7. The molecule has 3 aromatic rings. The van der Waals surface area contributed by atoms with Gasteiger partial charge in [0.2, 0.25) is 0 Å². The second-order valence-electron chi connectivity index (χ2n) is 4.70. The molecule has 0 fully saturated rings. The summed E-state index contributed by atoms with van der Waals surface area (Å²) < 4.78 is 1.83. The molecule has 0 saturated carbocycles.